The summed E-state index contributed by atoms with van der Waals surface area (Å²) >= 11 is 0. The zero-order chi connectivity index (χ0) is 16.2. The Hall–Kier alpha value is -2.46. The first kappa shape index (κ1) is 15.9. The number of carbonyl (C=O) groups excluding carboxylic acids is 2. The summed E-state index contributed by atoms with van der Waals surface area (Å²) in [5, 5.41) is 8.37. The van der Waals surface area contributed by atoms with Gasteiger partial charge in [0.2, 0.25) is 0 Å². The number of Topliss-reactive ketones (excluding diaryl/α,β-unsaturated/α-hetero) is 1. The lowest BCUT2D eigenvalue weighted by atomic mass is 9.79. The SMILES string of the molecule is CC(C)(CC(=O)c1ccccc1)c1ccc(C(=O)OO)cc1. The van der Waals surface area contributed by atoms with Crippen LogP contribution in [0.5, 0.6) is 0 Å². The van der Waals surface area contributed by atoms with Gasteiger partial charge in [0.25, 0.3) is 0 Å². The van der Waals surface area contributed by atoms with Gasteiger partial charge >= 0.3 is 5.97 Å². The highest BCUT2D eigenvalue weighted by Gasteiger charge is 2.25. The summed E-state index contributed by atoms with van der Waals surface area (Å²) in [5.41, 5.74) is 1.52. The van der Waals surface area contributed by atoms with Gasteiger partial charge in [0.05, 0.1) is 5.56 Å². The predicted octanol–water partition coefficient (Wildman–Crippen LogP) is 3.87. The van der Waals surface area contributed by atoms with Crippen molar-refractivity contribution < 1.29 is 19.7 Å². The number of hydrogen-bond donors (Lipinski definition) is 1. The van der Waals surface area contributed by atoms with E-state index in [1.165, 1.54) is 0 Å². The Labute approximate surface area is 129 Å². The Bertz CT molecular complexity index is 657. The number of carbonyl (C=O) groups is 2. The van der Waals surface area contributed by atoms with Gasteiger partial charge in [0, 0.05) is 12.0 Å². The van der Waals surface area contributed by atoms with Gasteiger partial charge in [-0.2, -0.15) is 5.26 Å². The summed E-state index contributed by atoms with van der Waals surface area (Å²) < 4.78 is 0. The summed E-state index contributed by atoms with van der Waals surface area (Å²) in [6, 6.07) is 15.9. The summed E-state index contributed by atoms with van der Waals surface area (Å²) in [6.07, 6.45) is 0.362. The Morgan fingerprint density at radius 3 is 2.09 bits per heavy atom. The van der Waals surface area contributed by atoms with Crippen molar-refractivity contribution in [2.45, 2.75) is 25.7 Å². The smallest absolute Gasteiger partial charge is 0.296 e. The van der Waals surface area contributed by atoms with E-state index in [4.69, 9.17) is 5.26 Å². The number of ketones is 1. The van der Waals surface area contributed by atoms with Crippen molar-refractivity contribution in [1.29, 1.82) is 0 Å². The van der Waals surface area contributed by atoms with E-state index in [9.17, 15) is 9.59 Å². The van der Waals surface area contributed by atoms with Gasteiger partial charge in [-0.3, -0.25) is 9.68 Å². The third-order valence-corrected chi connectivity index (χ3v) is 3.68. The van der Waals surface area contributed by atoms with Crippen LogP contribution in [0.15, 0.2) is 54.6 Å². The van der Waals surface area contributed by atoms with Gasteiger partial charge < -0.3 is 0 Å². The normalized spacial score (nSPS) is 11.0. The van der Waals surface area contributed by atoms with Crippen LogP contribution in [-0.2, 0) is 10.3 Å². The molecule has 0 aliphatic heterocycles. The minimum Gasteiger partial charge on any atom is -0.296 e. The van der Waals surface area contributed by atoms with Crippen molar-refractivity contribution in [3.63, 3.8) is 0 Å². The Balaban J connectivity index is 2.16. The van der Waals surface area contributed by atoms with Crippen molar-refractivity contribution in [2.24, 2.45) is 0 Å². The Morgan fingerprint density at radius 2 is 1.55 bits per heavy atom. The van der Waals surface area contributed by atoms with Gasteiger partial charge in [0.15, 0.2) is 5.78 Å². The maximum absolute atomic E-state index is 12.3. The summed E-state index contributed by atoms with van der Waals surface area (Å²) in [5.74, 6) is -0.728. The minimum absolute atomic E-state index is 0.0736. The molecule has 2 aromatic rings. The third-order valence-electron chi connectivity index (χ3n) is 3.68. The van der Waals surface area contributed by atoms with E-state index < -0.39 is 5.97 Å². The molecule has 0 heterocycles. The van der Waals surface area contributed by atoms with Gasteiger partial charge in [0.1, 0.15) is 0 Å². The molecule has 0 saturated carbocycles. The third kappa shape index (κ3) is 3.59. The standard InChI is InChI=1S/C18H18O4/c1-18(2,12-16(19)13-6-4-3-5-7-13)15-10-8-14(9-11-15)17(20)22-21/h3-11,21H,12H2,1-2H3. The summed E-state index contributed by atoms with van der Waals surface area (Å²) in [4.78, 5) is 27.2. The quantitative estimate of drug-likeness (QED) is 0.517. The first-order chi connectivity index (χ1) is 10.4. The molecule has 0 unspecified atom stereocenters. The lowest BCUT2D eigenvalue weighted by Gasteiger charge is -2.24. The molecule has 0 radical (unpaired) electrons. The Morgan fingerprint density at radius 1 is 0.955 bits per heavy atom. The van der Waals surface area contributed by atoms with Crippen LogP contribution in [0, 0.1) is 0 Å². The maximum Gasteiger partial charge on any atom is 0.372 e. The monoisotopic (exact) mass is 298 g/mol. The fraction of sp³-hybridized carbons (Fsp3) is 0.222. The zero-order valence-corrected chi connectivity index (χ0v) is 12.6. The fourth-order valence-corrected chi connectivity index (χ4v) is 2.34. The molecule has 0 spiro atoms. The molecule has 0 aliphatic rings. The summed E-state index contributed by atoms with van der Waals surface area (Å²) in [7, 11) is 0. The molecule has 4 nitrogen and oxygen atoms in total. The average Bonchev–Trinajstić information content (AvgIpc) is 2.54. The van der Waals surface area contributed by atoms with Crippen molar-refractivity contribution in [2.75, 3.05) is 0 Å². The van der Waals surface area contributed by atoms with Crippen LogP contribution < -0.4 is 0 Å². The number of benzene rings is 2. The van der Waals surface area contributed by atoms with Crippen molar-refractivity contribution in [3.05, 3.63) is 71.3 Å². The Kier molecular flexibility index (Phi) is 4.73. The van der Waals surface area contributed by atoms with E-state index in [1.807, 2.05) is 32.0 Å². The molecule has 2 aromatic carbocycles. The van der Waals surface area contributed by atoms with E-state index in [0.717, 1.165) is 5.56 Å². The first-order valence-electron chi connectivity index (χ1n) is 6.98. The minimum atomic E-state index is -0.801. The van der Waals surface area contributed by atoms with Gasteiger partial charge in [-0.1, -0.05) is 56.3 Å². The molecule has 4 heteroatoms. The van der Waals surface area contributed by atoms with Crippen LogP contribution in [-0.4, -0.2) is 17.0 Å². The van der Waals surface area contributed by atoms with Crippen molar-refractivity contribution in [3.8, 4) is 0 Å². The lowest BCUT2D eigenvalue weighted by molar-refractivity contribution is -0.182. The highest BCUT2D eigenvalue weighted by atomic mass is 17.1. The molecule has 0 bridgehead atoms. The molecule has 0 fully saturated rings. The molecular weight excluding hydrogens is 280 g/mol. The number of rotatable bonds is 5. The van der Waals surface area contributed by atoms with Crippen LogP contribution in [0.1, 0.15) is 46.5 Å². The zero-order valence-electron chi connectivity index (χ0n) is 12.6. The highest BCUT2D eigenvalue weighted by molar-refractivity contribution is 5.96. The van der Waals surface area contributed by atoms with Crippen LogP contribution in [0.25, 0.3) is 0 Å². The summed E-state index contributed by atoms with van der Waals surface area (Å²) in [6.45, 7) is 3.96. The molecule has 2 rings (SSSR count). The fourth-order valence-electron chi connectivity index (χ4n) is 2.34. The molecule has 114 valence electrons. The second-order valence-electron chi connectivity index (χ2n) is 5.81. The van der Waals surface area contributed by atoms with E-state index in [1.54, 1.807) is 36.4 Å². The number of hydrogen-bond acceptors (Lipinski definition) is 4. The topological polar surface area (TPSA) is 63.6 Å². The molecular formula is C18H18O4. The average molecular weight is 298 g/mol. The van der Waals surface area contributed by atoms with Crippen LogP contribution in [0.2, 0.25) is 0 Å². The largest absolute Gasteiger partial charge is 0.372 e. The van der Waals surface area contributed by atoms with E-state index >= 15 is 0 Å². The molecule has 1 N–H and O–H groups in total. The van der Waals surface area contributed by atoms with E-state index in [-0.39, 0.29) is 16.8 Å². The molecule has 0 atom stereocenters. The second-order valence-corrected chi connectivity index (χ2v) is 5.81. The second kappa shape index (κ2) is 6.54. The lowest BCUT2D eigenvalue weighted by Crippen LogP contribution is -2.22. The highest BCUT2D eigenvalue weighted by Crippen LogP contribution is 2.29. The first-order valence-corrected chi connectivity index (χ1v) is 6.98. The molecule has 0 aliphatic carbocycles. The van der Waals surface area contributed by atoms with Crippen molar-refractivity contribution >= 4 is 11.8 Å². The van der Waals surface area contributed by atoms with E-state index in [0.29, 0.717) is 12.0 Å². The van der Waals surface area contributed by atoms with E-state index in [2.05, 4.69) is 4.89 Å². The molecule has 22 heavy (non-hydrogen) atoms. The predicted molar refractivity (Wildman–Crippen MR) is 82.9 cm³/mol. The molecule has 0 saturated heterocycles. The van der Waals surface area contributed by atoms with Crippen LogP contribution >= 0.6 is 0 Å². The molecule has 0 amide bonds. The maximum atomic E-state index is 12.3. The van der Waals surface area contributed by atoms with Gasteiger partial charge in [-0.15, -0.1) is 0 Å². The van der Waals surface area contributed by atoms with Crippen molar-refractivity contribution in [1.82, 2.24) is 0 Å². The molecule has 0 aromatic heterocycles. The van der Waals surface area contributed by atoms with Gasteiger partial charge in [-0.05, 0) is 23.1 Å². The van der Waals surface area contributed by atoms with Crippen LogP contribution in [0.4, 0.5) is 0 Å². The van der Waals surface area contributed by atoms with Crippen LogP contribution in [0.3, 0.4) is 0 Å². The van der Waals surface area contributed by atoms with Gasteiger partial charge in [-0.25, -0.2) is 4.79 Å².